The number of hydrogen-bond donors (Lipinski definition) is 1. The van der Waals surface area contributed by atoms with Crippen LogP contribution in [0.2, 0.25) is 5.02 Å². The number of aryl methyl sites for hydroxylation is 1. The van der Waals surface area contributed by atoms with E-state index in [1.165, 1.54) is 11.8 Å². The van der Waals surface area contributed by atoms with Gasteiger partial charge in [-0.2, -0.15) is 4.68 Å². The molecule has 0 saturated carbocycles. The molecule has 1 heterocycles. The summed E-state index contributed by atoms with van der Waals surface area (Å²) in [6.45, 7) is 2.02. The molecule has 1 aromatic heterocycles. The molecule has 1 atom stereocenters. The fourth-order valence-electron chi connectivity index (χ4n) is 3.11. The van der Waals surface area contributed by atoms with Crippen LogP contribution in [0, 0.1) is 6.92 Å². The van der Waals surface area contributed by atoms with Gasteiger partial charge in [-0.15, -0.1) is 5.10 Å². The largest absolute Gasteiger partial charge is 0.344 e. The highest BCUT2D eigenvalue weighted by Gasteiger charge is 2.18. The molecule has 4 aromatic rings. The third-order valence-corrected chi connectivity index (χ3v) is 5.86. The first-order valence-corrected chi connectivity index (χ1v) is 11.0. The van der Waals surface area contributed by atoms with Gasteiger partial charge in [0.25, 0.3) is 0 Å². The van der Waals surface area contributed by atoms with Crippen molar-refractivity contribution in [3.63, 3.8) is 0 Å². The molecule has 0 radical (unpaired) electrons. The second-order valence-electron chi connectivity index (χ2n) is 6.96. The zero-order chi connectivity index (χ0) is 21.6. The van der Waals surface area contributed by atoms with Gasteiger partial charge in [0.15, 0.2) is 0 Å². The number of rotatable bonds is 7. The lowest BCUT2D eigenvalue weighted by Crippen LogP contribution is -2.30. The number of halogens is 1. The third kappa shape index (κ3) is 5.31. The number of tetrazole rings is 1. The Kier molecular flexibility index (Phi) is 6.64. The lowest BCUT2D eigenvalue weighted by molar-refractivity contribution is -0.119. The summed E-state index contributed by atoms with van der Waals surface area (Å²) in [5.74, 6) is 0.0654. The van der Waals surface area contributed by atoms with E-state index in [1.54, 1.807) is 4.68 Å². The predicted molar refractivity (Wildman–Crippen MR) is 122 cm³/mol. The van der Waals surface area contributed by atoms with Crippen LogP contribution in [0.15, 0.2) is 84.0 Å². The summed E-state index contributed by atoms with van der Waals surface area (Å²) >= 11 is 7.33. The highest BCUT2D eigenvalue weighted by molar-refractivity contribution is 7.99. The molecule has 0 aliphatic carbocycles. The van der Waals surface area contributed by atoms with Gasteiger partial charge in [-0.3, -0.25) is 4.79 Å². The molecule has 0 bridgehead atoms. The molecule has 0 spiro atoms. The van der Waals surface area contributed by atoms with Crippen molar-refractivity contribution in [1.29, 1.82) is 0 Å². The summed E-state index contributed by atoms with van der Waals surface area (Å²) in [6, 6.07) is 24.9. The summed E-state index contributed by atoms with van der Waals surface area (Å²) in [5.41, 5.74) is 3.95. The molecule has 6 nitrogen and oxygen atoms in total. The summed E-state index contributed by atoms with van der Waals surface area (Å²) in [6.07, 6.45) is 0. The molecule has 1 unspecified atom stereocenters. The van der Waals surface area contributed by atoms with Gasteiger partial charge in [0.05, 0.1) is 17.5 Å². The minimum Gasteiger partial charge on any atom is -0.344 e. The van der Waals surface area contributed by atoms with Gasteiger partial charge in [0, 0.05) is 5.02 Å². The van der Waals surface area contributed by atoms with Crippen LogP contribution in [0.1, 0.15) is 22.7 Å². The Morgan fingerprint density at radius 1 is 1.00 bits per heavy atom. The summed E-state index contributed by atoms with van der Waals surface area (Å²) < 4.78 is 1.63. The van der Waals surface area contributed by atoms with Gasteiger partial charge in [-0.05, 0) is 52.7 Å². The maximum atomic E-state index is 12.8. The monoisotopic (exact) mass is 449 g/mol. The Morgan fingerprint density at radius 3 is 2.39 bits per heavy atom. The number of amides is 1. The van der Waals surface area contributed by atoms with E-state index >= 15 is 0 Å². The molecule has 0 aliphatic rings. The molecule has 3 aromatic carbocycles. The number of hydrogen-bond acceptors (Lipinski definition) is 5. The summed E-state index contributed by atoms with van der Waals surface area (Å²) in [4.78, 5) is 12.8. The van der Waals surface area contributed by atoms with Crippen molar-refractivity contribution < 1.29 is 4.79 Å². The van der Waals surface area contributed by atoms with Crippen LogP contribution >= 0.6 is 23.4 Å². The van der Waals surface area contributed by atoms with E-state index in [4.69, 9.17) is 11.6 Å². The van der Waals surface area contributed by atoms with Crippen molar-refractivity contribution >= 4 is 29.3 Å². The molecule has 1 amide bonds. The van der Waals surface area contributed by atoms with Crippen LogP contribution in [0.4, 0.5) is 0 Å². The van der Waals surface area contributed by atoms with Gasteiger partial charge >= 0.3 is 0 Å². The van der Waals surface area contributed by atoms with Crippen molar-refractivity contribution in [2.45, 2.75) is 18.1 Å². The fraction of sp³-hybridized carbons (Fsp3) is 0.130. The first-order chi connectivity index (χ1) is 15.1. The van der Waals surface area contributed by atoms with E-state index in [0.717, 1.165) is 22.4 Å². The summed E-state index contributed by atoms with van der Waals surface area (Å²) in [5, 5.41) is 16.2. The molecule has 0 fully saturated rings. The summed E-state index contributed by atoms with van der Waals surface area (Å²) in [7, 11) is 0. The average Bonchev–Trinajstić information content (AvgIpc) is 3.26. The lowest BCUT2D eigenvalue weighted by Gasteiger charge is -2.20. The van der Waals surface area contributed by atoms with E-state index in [9.17, 15) is 4.79 Å². The SMILES string of the molecule is Cc1ccc(-n2nnnc2SCC(=O)NC(c2ccccc2)c2ccc(Cl)cc2)cc1. The van der Waals surface area contributed by atoms with E-state index in [-0.39, 0.29) is 17.7 Å². The predicted octanol–water partition coefficient (Wildman–Crippen LogP) is 4.62. The number of thioether (sulfide) groups is 1. The molecule has 4 rings (SSSR count). The molecular weight excluding hydrogens is 430 g/mol. The Morgan fingerprint density at radius 2 is 1.68 bits per heavy atom. The highest BCUT2D eigenvalue weighted by Crippen LogP contribution is 2.24. The van der Waals surface area contributed by atoms with Crippen LogP contribution in [0.3, 0.4) is 0 Å². The van der Waals surface area contributed by atoms with Crippen molar-refractivity contribution in [2.75, 3.05) is 5.75 Å². The number of carbonyl (C=O) groups is 1. The molecule has 31 heavy (non-hydrogen) atoms. The Hall–Kier alpha value is -3.16. The molecule has 8 heteroatoms. The standard InChI is InChI=1S/C23H20ClN5OS/c1-16-7-13-20(14-8-16)29-23(26-27-28-29)31-15-21(30)25-22(17-5-3-2-4-6-17)18-9-11-19(24)12-10-18/h2-14,22H,15H2,1H3,(H,25,30). The third-order valence-electron chi connectivity index (χ3n) is 4.69. The quantitative estimate of drug-likeness (QED) is 0.417. The zero-order valence-electron chi connectivity index (χ0n) is 16.8. The molecule has 0 aliphatic heterocycles. The second kappa shape index (κ2) is 9.76. The van der Waals surface area contributed by atoms with Crippen LogP contribution in [0.25, 0.3) is 5.69 Å². The van der Waals surface area contributed by atoms with Crippen LogP contribution in [-0.4, -0.2) is 31.9 Å². The van der Waals surface area contributed by atoms with Crippen molar-refractivity contribution in [2.24, 2.45) is 0 Å². The number of aromatic nitrogens is 4. The number of nitrogens with one attached hydrogen (secondary N) is 1. The van der Waals surface area contributed by atoms with Crippen molar-refractivity contribution in [3.8, 4) is 5.69 Å². The molecular formula is C23H20ClN5OS. The van der Waals surface area contributed by atoms with Crippen molar-refractivity contribution in [3.05, 3.63) is 101 Å². The topological polar surface area (TPSA) is 72.7 Å². The van der Waals surface area contributed by atoms with E-state index in [0.29, 0.717) is 10.2 Å². The number of benzene rings is 3. The normalized spacial score (nSPS) is 11.8. The highest BCUT2D eigenvalue weighted by atomic mass is 35.5. The zero-order valence-corrected chi connectivity index (χ0v) is 18.3. The average molecular weight is 450 g/mol. The van der Waals surface area contributed by atoms with Crippen LogP contribution in [0.5, 0.6) is 0 Å². The van der Waals surface area contributed by atoms with E-state index in [2.05, 4.69) is 20.8 Å². The van der Waals surface area contributed by atoms with E-state index in [1.807, 2.05) is 85.8 Å². The Balaban J connectivity index is 1.47. The number of nitrogens with zero attached hydrogens (tertiary/aromatic N) is 4. The van der Waals surface area contributed by atoms with Crippen molar-refractivity contribution in [1.82, 2.24) is 25.5 Å². The van der Waals surface area contributed by atoms with Gasteiger partial charge in [0.1, 0.15) is 0 Å². The first kappa shape index (κ1) is 21.1. The van der Waals surface area contributed by atoms with Crippen LogP contribution < -0.4 is 5.32 Å². The molecule has 0 saturated heterocycles. The first-order valence-electron chi connectivity index (χ1n) is 9.68. The van der Waals surface area contributed by atoms with Gasteiger partial charge < -0.3 is 5.32 Å². The Bertz CT molecular complexity index is 1150. The smallest absolute Gasteiger partial charge is 0.231 e. The minimum absolute atomic E-state index is 0.118. The number of carbonyl (C=O) groups excluding carboxylic acids is 1. The molecule has 1 N–H and O–H groups in total. The van der Waals surface area contributed by atoms with Gasteiger partial charge in [-0.1, -0.05) is 83.5 Å². The maximum absolute atomic E-state index is 12.8. The van der Waals surface area contributed by atoms with Gasteiger partial charge in [-0.25, -0.2) is 0 Å². The molecule has 156 valence electrons. The van der Waals surface area contributed by atoms with Gasteiger partial charge in [0.2, 0.25) is 11.1 Å². The van der Waals surface area contributed by atoms with Crippen LogP contribution in [-0.2, 0) is 4.79 Å². The lowest BCUT2D eigenvalue weighted by atomic mass is 9.99. The van der Waals surface area contributed by atoms with E-state index < -0.39 is 0 Å². The fourth-order valence-corrected chi connectivity index (χ4v) is 3.94. The second-order valence-corrected chi connectivity index (χ2v) is 8.34. The Labute approximate surface area is 189 Å². The minimum atomic E-state index is -0.278. The maximum Gasteiger partial charge on any atom is 0.231 e.